The van der Waals surface area contributed by atoms with Crippen molar-refractivity contribution in [3.63, 3.8) is 0 Å². The molecule has 0 unspecified atom stereocenters. The Balaban J connectivity index is 1.38. The number of nitrogens with one attached hydrogen (secondary N) is 1. The van der Waals surface area contributed by atoms with E-state index in [-0.39, 0.29) is 24.3 Å². The van der Waals surface area contributed by atoms with Gasteiger partial charge in [-0.15, -0.1) is 0 Å². The summed E-state index contributed by atoms with van der Waals surface area (Å²) in [7, 11) is 0. The molecule has 4 rings (SSSR count). The van der Waals surface area contributed by atoms with Crippen molar-refractivity contribution in [3.8, 4) is 5.75 Å². The molecule has 1 aliphatic heterocycles. The Morgan fingerprint density at radius 2 is 1.90 bits per heavy atom. The third-order valence-electron chi connectivity index (χ3n) is 5.13. The van der Waals surface area contributed by atoms with Gasteiger partial charge in [0.2, 0.25) is 0 Å². The van der Waals surface area contributed by atoms with E-state index >= 15 is 0 Å². The van der Waals surface area contributed by atoms with Crippen LogP contribution in [0.15, 0.2) is 36.4 Å². The van der Waals surface area contributed by atoms with Crippen LogP contribution in [0.2, 0.25) is 0 Å². The molecule has 2 aromatic carbocycles. The summed E-state index contributed by atoms with van der Waals surface area (Å²) in [6, 6.07) is 10.2. The molecule has 2 atom stereocenters. The summed E-state index contributed by atoms with van der Waals surface area (Å²) >= 11 is 1.17. The van der Waals surface area contributed by atoms with Gasteiger partial charge in [0.05, 0.1) is 11.7 Å². The number of rotatable bonds is 5. The first-order chi connectivity index (χ1) is 14.5. The molecule has 1 fully saturated rings. The Morgan fingerprint density at radius 1 is 1.13 bits per heavy atom. The standard InChI is InChI=1S/C21H23FN4O3S/c1-13-9-23-10-14(2)26(13)21(27)29-12-16-8-17(4-5-18(16)22)28-11-15-3-6-19-20(7-15)25-30-24-19/h3-8,13-14,23H,9-12H2,1-2H3/t13-,14+. The molecule has 30 heavy (non-hydrogen) atoms. The number of carbonyl (C=O) groups excluding carboxylic acids is 1. The number of hydrogen-bond donors (Lipinski definition) is 1. The molecule has 9 heteroatoms. The van der Waals surface area contributed by atoms with E-state index in [4.69, 9.17) is 9.47 Å². The van der Waals surface area contributed by atoms with Gasteiger partial charge in [-0.2, -0.15) is 8.75 Å². The minimum Gasteiger partial charge on any atom is -0.489 e. The molecule has 1 aromatic heterocycles. The second-order valence-corrected chi connectivity index (χ2v) is 7.98. The third-order valence-corrected chi connectivity index (χ3v) is 5.69. The molecule has 1 N–H and O–H groups in total. The number of carbonyl (C=O) groups is 1. The van der Waals surface area contributed by atoms with E-state index in [0.29, 0.717) is 25.4 Å². The maximum absolute atomic E-state index is 14.2. The number of ether oxygens (including phenoxy) is 2. The lowest BCUT2D eigenvalue weighted by Crippen LogP contribution is -2.57. The molecule has 0 bridgehead atoms. The first kappa shape index (κ1) is 20.5. The lowest BCUT2D eigenvalue weighted by molar-refractivity contribution is 0.0557. The number of piperazine rings is 1. The third kappa shape index (κ3) is 4.52. The summed E-state index contributed by atoms with van der Waals surface area (Å²) in [4.78, 5) is 14.2. The average molecular weight is 431 g/mol. The van der Waals surface area contributed by atoms with E-state index in [1.54, 1.807) is 17.0 Å². The van der Waals surface area contributed by atoms with Gasteiger partial charge in [-0.25, -0.2) is 9.18 Å². The zero-order valence-electron chi connectivity index (χ0n) is 16.8. The molecule has 1 aliphatic rings. The molecule has 3 aromatic rings. The normalized spacial score (nSPS) is 19.1. The number of nitrogens with zero attached hydrogens (tertiary/aromatic N) is 3. The molecule has 0 radical (unpaired) electrons. The monoisotopic (exact) mass is 430 g/mol. The van der Waals surface area contributed by atoms with Gasteiger partial charge in [0.25, 0.3) is 0 Å². The van der Waals surface area contributed by atoms with Crippen molar-refractivity contribution in [2.24, 2.45) is 0 Å². The van der Waals surface area contributed by atoms with E-state index in [1.165, 1.54) is 17.8 Å². The van der Waals surface area contributed by atoms with Gasteiger partial charge < -0.3 is 19.7 Å². The van der Waals surface area contributed by atoms with Crippen molar-refractivity contribution in [1.82, 2.24) is 19.0 Å². The van der Waals surface area contributed by atoms with E-state index in [9.17, 15) is 9.18 Å². The van der Waals surface area contributed by atoms with Crippen LogP contribution in [-0.4, -0.2) is 44.9 Å². The number of amides is 1. The van der Waals surface area contributed by atoms with Crippen LogP contribution >= 0.6 is 11.7 Å². The maximum atomic E-state index is 14.2. The Morgan fingerprint density at radius 3 is 2.70 bits per heavy atom. The van der Waals surface area contributed by atoms with Crippen LogP contribution < -0.4 is 10.1 Å². The minimum atomic E-state index is -0.438. The van der Waals surface area contributed by atoms with Gasteiger partial charge >= 0.3 is 6.09 Å². The fourth-order valence-corrected chi connectivity index (χ4v) is 4.06. The van der Waals surface area contributed by atoms with Crippen molar-refractivity contribution in [3.05, 3.63) is 53.3 Å². The zero-order valence-corrected chi connectivity index (χ0v) is 17.6. The molecule has 1 saturated heterocycles. The molecule has 2 heterocycles. The number of fused-ring (bicyclic) bond motifs is 1. The smallest absolute Gasteiger partial charge is 0.410 e. The van der Waals surface area contributed by atoms with Gasteiger partial charge in [-0.3, -0.25) is 0 Å². The fourth-order valence-electron chi connectivity index (χ4n) is 3.54. The predicted molar refractivity (Wildman–Crippen MR) is 112 cm³/mol. The van der Waals surface area contributed by atoms with E-state index in [0.717, 1.165) is 16.6 Å². The highest BCUT2D eigenvalue weighted by Gasteiger charge is 2.30. The molecule has 7 nitrogen and oxygen atoms in total. The summed E-state index contributed by atoms with van der Waals surface area (Å²) in [6.45, 7) is 5.49. The highest BCUT2D eigenvalue weighted by atomic mass is 32.1. The fraction of sp³-hybridized carbons (Fsp3) is 0.381. The minimum absolute atomic E-state index is 0.0195. The van der Waals surface area contributed by atoms with Gasteiger partial charge in [0.1, 0.15) is 35.8 Å². The quantitative estimate of drug-likeness (QED) is 0.665. The first-order valence-corrected chi connectivity index (χ1v) is 10.5. The summed E-state index contributed by atoms with van der Waals surface area (Å²) in [5.74, 6) is 0.0642. The van der Waals surface area contributed by atoms with Gasteiger partial charge in [0.15, 0.2) is 0 Å². The molecule has 0 aliphatic carbocycles. The Bertz CT molecular complexity index is 1030. The second kappa shape index (κ2) is 8.93. The van der Waals surface area contributed by atoms with Crippen molar-refractivity contribution in [1.29, 1.82) is 0 Å². The van der Waals surface area contributed by atoms with Crippen molar-refractivity contribution in [2.75, 3.05) is 13.1 Å². The molecule has 158 valence electrons. The van der Waals surface area contributed by atoms with Gasteiger partial charge in [-0.05, 0) is 49.7 Å². The zero-order chi connectivity index (χ0) is 21.1. The average Bonchev–Trinajstić information content (AvgIpc) is 3.20. The number of hydrogen-bond acceptors (Lipinski definition) is 7. The van der Waals surface area contributed by atoms with Crippen molar-refractivity contribution < 1.29 is 18.7 Å². The Hall–Kier alpha value is -2.78. The van der Waals surface area contributed by atoms with Crippen LogP contribution in [0, 0.1) is 5.82 Å². The topological polar surface area (TPSA) is 76.6 Å². The lowest BCUT2D eigenvalue weighted by Gasteiger charge is -2.38. The van der Waals surface area contributed by atoms with Crippen LogP contribution in [0.3, 0.4) is 0 Å². The SMILES string of the molecule is C[C@@H]1CNC[C@H](C)N1C(=O)OCc1cc(OCc2ccc3nsnc3c2)ccc1F. The Labute approximate surface area is 178 Å². The van der Waals surface area contributed by atoms with Crippen LogP contribution in [0.25, 0.3) is 11.0 Å². The highest BCUT2D eigenvalue weighted by molar-refractivity contribution is 7.00. The first-order valence-electron chi connectivity index (χ1n) is 9.79. The predicted octanol–water partition coefficient (Wildman–Crippen LogP) is 3.73. The summed E-state index contributed by atoms with van der Waals surface area (Å²) in [6.07, 6.45) is -0.438. The second-order valence-electron chi connectivity index (χ2n) is 7.45. The largest absolute Gasteiger partial charge is 0.489 e. The molecule has 0 saturated carbocycles. The van der Waals surface area contributed by atoms with Crippen LogP contribution in [0.4, 0.5) is 9.18 Å². The molecule has 1 amide bonds. The van der Waals surface area contributed by atoms with E-state index in [1.807, 2.05) is 32.0 Å². The highest BCUT2D eigenvalue weighted by Crippen LogP contribution is 2.21. The van der Waals surface area contributed by atoms with Gasteiger partial charge in [0, 0.05) is 30.7 Å². The van der Waals surface area contributed by atoms with Crippen LogP contribution in [0.5, 0.6) is 5.75 Å². The van der Waals surface area contributed by atoms with Crippen LogP contribution in [-0.2, 0) is 18.0 Å². The maximum Gasteiger partial charge on any atom is 0.410 e. The molecular formula is C21H23FN4O3S. The number of halogens is 1. The van der Waals surface area contributed by atoms with Crippen molar-refractivity contribution in [2.45, 2.75) is 39.1 Å². The van der Waals surface area contributed by atoms with E-state index < -0.39 is 11.9 Å². The number of benzene rings is 2. The molecular weight excluding hydrogens is 407 g/mol. The van der Waals surface area contributed by atoms with Gasteiger partial charge in [-0.1, -0.05) is 6.07 Å². The molecule has 0 spiro atoms. The summed E-state index contributed by atoms with van der Waals surface area (Å²) in [5, 5.41) is 3.26. The van der Waals surface area contributed by atoms with E-state index in [2.05, 4.69) is 14.1 Å². The van der Waals surface area contributed by atoms with Crippen LogP contribution in [0.1, 0.15) is 25.0 Å². The summed E-state index contributed by atoms with van der Waals surface area (Å²) in [5.41, 5.74) is 2.89. The van der Waals surface area contributed by atoms with Crippen molar-refractivity contribution >= 4 is 28.9 Å². The summed E-state index contributed by atoms with van der Waals surface area (Å²) < 4.78 is 33.8. The Kier molecular flexibility index (Phi) is 6.10. The lowest BCUT2D eigenvalue weighted by atomic mass is 10.1. The number of aromatic nitrogens is 2.